The number of hydrogen-bond acceptors (Lipinski definition) is 2. The minimum Gasteiger partial charge on any atom is -0.495 e. The third-order valence-electron chi connectivity index (χ3n) is 5.35. The molecule has 3 nitrogen and oxygen atoms in total. The van der Waals surface area contributed by atoms with Crippen LogP contribution in [-0.4, -0.2) is 39.3 Å². The van der Waals surface area contributed by atoms with Crippen LogP contribution in [0.3, 0.4) is 0 Å². The summed E-state index contributed by atoms with van der Waals surface area (Å²) in [6, 6.07) is 9.32. The van der Waals surface area contributed by atoms with Crippen LogP contribution in [0.2, 0.25) is 0 Å². The number of rotatable bonds is 3. The highest BCUT2D eigenvalue weighted by Crippen LogP contribution is 2.27. The van der Waals surface area contributed by atoms with E-state index < -0.39 is 0 Å². The zero-order chi connectivity index (χ0) is 14.7. The van der Waals surface area contributed by atoms with E-state index in [-0.39, 0.29) is 0 Å². The topological polar surface area (TPSA) is 16.9 Å². The molecule has 0 amide bonds. The lowest BCUT2D eigenvalue weighted by molar-refractivity contribution is -0.927. The maximum atomic E-state index is 5.51. The Hall–Kier alpha value is -1.22. The molecule has 0 unspecified atom stereocenters. The van der Waals surface area contributed by atoms with Crippen LogP contribution in [0, 0.1) is 5.92 Å². The summed E-state index contributed by atoms with van der Waals surface area (Å²) in [5.41, 5.74) is 1.26. The van der Waals surface area contributed by atoms with Gasteiger partial charge in [0.15, 0.2) is 0 Å². The molecule has 116 valence electrons. The Kier molecular flexibility index (Phi) is 4.69. The summed E-state index contributed by atoms with van der Waals surface area (Å²) in [4.78, 5) is 4.34. The van der Waals surface area contributed by atoms with Crippen molar-refractivity contribution in [3.8, 4) is 5.75 Å². The van der Waals surface area contributed by atoms with E-state index in [4.69, 9.17) is 4.74 Å². The number of nitrogens with zero attached hydrogens (tertiary/aromatic N) is 1. The van der Waals surface area contributed by atoms with E-state index in [1.807, 2.05) is 11.0 Å². The molecule has 1 aliphatic carbocycles. The van der Waals surface area contributed by atoms with E-state index in [0.717, 1.165) is 30.8 Å². The molecule has 0 bridgehead atoms. The van der Waals surface area contributed by atoms with Gasteiger partial charge in [-0.05, 0) is 30.9 Å². The highest BCUT2D eigenvalue weighted by atomic mass is 16.5. The number of anilines is 1. The molecule has 1 saturated carbocycles. The number of nitrogens with one attached hydrogen (secondary N) is 1. The molecule has 0 spiro atoms. The Morgan fingerprint density at radius 2 is 1.90 bits per heavy atom. The molecule has 3 rings (SSSR count). The van der Waals surface area contributed by atoms with Gasteiger partial charge in [-0.1, -0.05) is 25.5 Å². The van der Waals surface area contributed by atoms with E-state index in [2.05, 4.69) is 30.0 Å². The third-order valence-corrected chi connectivity index (χ3v) is 5.35. The minimum absolute atomic E-state index is 0.911. The first kappa shape index (κ1) is 14.7. The van der Waals surface area contributed by atoms with Crippen molar-refractivity contribution in [3.63, 3.8) is 0 Å². The van der Waals surface area contributed by atoms with Crippen LogP contribution in [0.1, 0.15) is 32.6 Å². The summed E-state index contributed by atoms with van der Waals surface area (Å²) < 4.78 is 5.51. The third kappa shape index (κ3) is 3.34. The van der Waals surface area contributed by atoms with Crippen LogP contribution >= 0.6 is 0 Å². The standard InChI is InChI=1S/C18H28N2O/c1-15-6-5-7-16(14-15)19-10-12-20(13-11-19)17-8-3-4-9-18(17)21-2/h3-4,8-9,15-16H,5-7,10-14H2,1-2H3/p+1/t15-,16+/m0/s1. The van der Waals surface area contributed by atoms with Gasteiger partial charge in [0.2, 0.25) is 0 Å². The maximum Gasteiger partial charge on any atom is 0.142 e. The lowest BCUT2D eigenvalue weighted by atomic mass is 9.86. The van der Waals surface area contributed by atoms with Crippen LogP contribution in [0.25, 0.3) is 0 Å². The lowest BCUT2D eigenvalue weighted by Crippen LogP contribution is -3.18. The van der Waals surface area contributed by atoms with E-state index >= 15 is 0 Å². The van der Waals surface area contributed by atoms with Gasteiger partial charge in [0.05, 0.1) is 45.0 Å². The van der Waals surface area contributed by atoms with Crippen LogP contribution in [0.4, 0.5) is 5.69 Å². The van der Waals surface area contributed by atoms with E-state index in [0.29, 0.717) is 0 Å². The summed E-state index contributed by atoms with van der Waals surface area (Å²) in [6.45, 7) is 7.28. The van der Waals surface area contributed by atoms with Crippen molar-refractivity contribution >= 4 is 5.69 Å². The van der Waals surface area contributed by atoms with Crippen LogP contribution in [0.15, 0.2) is 24.3 Å². The average Bonchev–Trinajstić information content (AvgIpc) is 2.55. The van der Waals surface area contributed by atoms with Crippen LogP contribution in [0.5, 0.6) is 5.75 Å². The van der Waals surface area contributed by atoms with Crippen LogP contribution in [-0.2, 0) is 0 Å². The fourth-order valence-electron chi connectivity index (χ4n) is 4.14. The smallest absolute Gasteiger partial charge is 0.142 e. The molecule has 2 aliphatic rings. The zero-order valence-electron chi connectivity index (χ0n) is 13.5. The summed E-state index contributed by atoms with van der Waals surface area (Å²) in [6.07, 6.45) is 5.75. The number of hydrogen-bond donors (Lipinski definition) is 1. The highest BCUT2D eigenvalue weighted by Gasteiger charge is 2.31. The fourth-order valence-corrected chi connectivity index (χ4v) is 4.14. The molecule has 3 heteroatoms. The van der Waals surface area contributed by atoms with Gasteiger partial charge in [0.25, 0.3) is 0 Å². The molecule has 1 saturated heterocycles. The largest absolute Gasteiger partial charge is 0.495 e. The molecule has 1 aromatic rings. The molecule has 1 aliphatic heterocycles. The second kappa shape index (κ2) is 6.69. The van der Waals surface area contributed by atoms with Crippen molar-refractivity contribution in [2.75, 3.05) is 38.2 Å². The Morgan fingerprint density at radius 3 is 2.62 bits per heavy atom. The Bertz CT molecular complexity index is 454. The second-order valence-electron chi connectivity index (χ2n) is 6.79. The molecule has 0 radical (unpaired) electrons. The number of piperazine rings is 1. The average molecular weight is 289 g/mol. The second-order valence-corrected chi connectivity index (χ2v) is 6.79. The number of benzene rings is 1. The summed E-state index contributed by atoms with van der Waals surface area (Å²) in [5, 5.41) is 0. The van der Waals surface area contributed by atoms with Gasteiger partial charge in [-0.15, -0.1) is 0 Å². The molecule has 2 fully saturated rings. The van der Waals surface area contributed by atoms with Gasteiger partial charge in [-0.2, -0.15) is 0 Å². The molecule has 0 aromatic heterocycles. The zero-order valence-corrected chi connectivity index (χ0v) is 13.5. The van der Waals surface area contributed by atoms with Gasteiger partial charge >= 0.3 is 0 Å². The Labute approximate surface area is 128 Å². The predicted octanol–water partition coefficient (Wildman–Crippen LogP) is 1.98. The van der Waals surface area contributed by atoms with Crippen LogP contribution < -0.4 is 14.5 Å². The molecular formula is C18H29N2O+. The monoisotopic (exact) mass is 289 g/mol. The molecule has 1 heterocycles. The molecule has 21 heavy (non-hydrogen) atoms. The van der Waals surface area contributed by atoms with E-state index in [9.17, 15) is 0 Å². The van der Waals surface area contributed by atoms with Crippen molar-refractivity contribution < 1.29 is 9.64 Å². The lowest BCUT2D eigenvalue weighted by Gasteiger charge is -2.40. The van der Waals surface area contributed by atoms with Gasteiger partial charge in [0, 0.05) is 6.42 Å². The van der Waals surface area contributed by atoms with Crippen molar-refractivity contribution in [3.05, 3.63) is 24.3 Å². The number of ether oxygens (including phenoxy) is 1. The summed E-state index contributed by atoms with van der Waals surface area (Å²) in [5.74, 6) is 1.94. The summed E-state index contributed by atoms with van der Waals surface area (Å²) >= 11 is 0. The Morgan fingerprint density at radius 1 is 1.14 bits per heavy atom. The van der Waals surface area contributed by atoms with E-state index in [1.165, 1.54) is 44.5 Å². The first-order valence-corrected chi connectivity index (χ1v) is 8.50. The molecular weight excluding hydrogens is 260 g/mol. The Balaban J connectivity index is 1.60. The maximum absolute atomic E-state index is 5.51. The van der Waals surface area contributed by atoms with Gasteiger partial charge in [-0.3, -0.25) is 0 Å². The fraction of sp³-hybridized carbons (Fsp3) is 0.667. The molecule has 2 atom stereocenters. The SMILES string of the molecule is COc1ccccc1N1CC[NH+]([C@@H]2CCC[C@H](C)C2)CC1. The highest BCUT2D eigenvalue weighted by molar-refractivity contribution is 5.58. The van der Waals surface area contributed by atoms with Gasteiger partial charge in [0.1, 0.15) is 5.75 Å². The normalized spacial score (nSPS) is 27.6. The molecule has 1 N–H and O–H groups in total. The first-order valence-electron chi connectivity index (χ1n) is 8.50. The first-order chi connectivity index (χ1) is 10.3. The minimum atomic E-state index is 0.911. The van der Waals surface area contributed by atoms with Crippen molar-refractivity contribution in [2.45, 2.75) is 38.6 Å². The van der Waals surface area contributed by atoms with Crippen molar-refractivity contribution in [2.24, 2.45) is 5.92 Å². The molecule has 1 aromatic carbocycles. The van der Waals surface area contributed by atoms with E-state index in [1.54, 1.807) is 7.11 Å². The van der Waals surface area contributed by atoms with Gasteiger partial charge < -0.3 is 14.5 Å². The number of methoxy groups -OCH3 is 1. The van der Waals surface area contributed by atoms with Crippen molar-refractivity contribution in [1.82, 2.24) is 0 Å². The number of para-hydroxylation sites is 2. The van der Waals surface area contributed by atoms with Crippen molar-refractivity contribution in [1.29, 1.82) is 0 Å². The predicted molar refractivity (Wildman–Crippen MR) is 87.3 cm³/mol. The number of quaternary nitrogens is 1. The van der Waals surface area contributed by atoms with Gasteiger partial charge in [-0.25, -0.2) is 0 Å². The quantitative estimate of drug-likeness (QED) is 0.916. The summed E-state index contributed by atoms with van der Waals surface area (Å²) in [7, 11) is 1.77.